The van der Waals surface area contributed by atoms with Gasteiger partial charge in [-0.15, -0.1) is 0 Å². The molecule has 3 nitrogen and oxygen atoms in total. The number of nitrogens with zero attached hydrogens (tertiary/aromatic N) is 1. The van der Waals surface area contributed by atoms with Gasteiger partial charge in [-0.3, -0.25) is 4.90 Å². The first kappa shape index (κ1) is 17.6. The van der Waals surface area contributed by atoms with E-state index in [9.17, 15) is 0 Å². The van der Waals surface area contributed by atoms with Crippen molar-refractivity contribution in [3.05, 3.63) is 28.8 Å². The van der Waals surface area contributed by atoms with E-state index in [1.807, 2.05) is 18.2 Å². The van der Waals surface area contributed by atoms with Crippen molar-refractivity contribution in [3.8, 4) is 5.75 Å². The van der Waals surface area contributed by atoms with Gasteiger partial charge in [0.1, 0.15) is 5.75 Å². The van der Waals surface area contributed by atoms with Crippen LogP contribution in [0.25, 0.3) is 0 Å². The third kappa shape index (κ3) is 5.45. The van der Waals surface area contributed by atoms with Crippen LogP contribution in [0.5, 0.6) is 5.75 Å². The molecular formula is C18H28ClNO2. The lowest BCUT2D eigenvalue weighted by Crippen LogP contribution is -2.45. The molecule has 0 radical (unpaired) electrons. The van der Waals surface area contributed by atoms with Crippen LogP contribution in [-0.4, -0.2) is 43.3 Å². The lowest BCUT2D eigenvalue weighted by molar-refractivity contribution is -0.0682. The van der Waals surface area contributed by atoms with E-state index >= 15 is 0 Å². The van der Waals surface area contributed by atoms with E-state index in [1.165, 1.54) is 0 Å². The van der Waals surface area contributed by atoms with E-state index < -0.39 is 0 Å². The summed E-state index contributed by atoms with van der Waals surface area (Å²) >= 11 is 6.12. The number of benzene rings is 1. The molecule has 0 N–H and O–H groups in total. The second-order valence-corrected chi connectivity index (χ2v) is 6.59. The normalized spacial score (nSPS) is 22.7. The van der Waals surface area contributed by atoms with Crippen molar-refractivity contribution in [2.45, 2.75) is 52.2 Å². The summed E-state index contributed by atoms with van der Waals surface area (Å²) in [6, 6.07) is 5.92. The second-order valence-electron chi connectivity index (χ2n) is 6.18. The molecule has 2 rings (SSSR count). The quantitative estimate of drug-likeness (QED) is 0.702. The number of aryl methyl sites for hydroxylation is 1. The Kier molecular flexibility index (Phi) is 7.00. The molecular weight excluding hydrogens is 298 g/mol. The molecule has 0 amide bonds. The monoisotopic (exact) mass is 325 g/mol. The first-order valence-corrected chi connectivity index (χ1v) is 8.75. The third-order valence-electron chi connectivity index (χ3n) is 4.03. The molecule has 1 saturated heterocycles. The highest BCUT2D eigenvalue weighted by Gasteiger charge is 2.21. The van der Waals surface area contributed by atoms with Gasteiger partial charge in [-0.1, -0.05) is 18.5 Å². The molecule has 4 heteroatoms. The standard InChI is InChI=1S/C18H28ClNO2/c1-4-16-11-17(7-8-18(16)19)21-10-6-5-9-20-12-14(2)22-15(3)13-20/h7-8,11,14-15H,4-6,9-10,12-13H2,1-3H3/t14-,15-/m1/s1. The molecule has 1 aromatic rings. The number of ether oxygens (including phenoxy) is 2. The molecule has 1 fully saturated rings. The smallest absolute Gasteiger partial charge is 0.119 e. The molecule has 0 aliphatic carbocycles. The van der Waals surface area contributed by atoms with Crippen LogP contribution in [-0.2, 0) is 11.2 Å². The summed E-state index contributed by atoms with van der Waals surface area (Å²) in [5.74, 6) is 0.926. The summed E-state index contributed by atoms with van der Waals surface area (Å²) in [6.45, 7) is 10.4. The average Bonchev–Trinajstić information content (AvgIpc) is 2.47. The van der Waals surface area contributed by atoms with Crippen LogP contribution < -0.4 is 4.74 Å². The van der Waals surface area contributed by atoms with E-state index in [2.05, 4.69) is 25.7 Å². The molecule has 0 bridgehead atoms. The Balaban J connectivity index is 1.65. The van der Waals surface area contributed by atoms with Gasteiger partial charge in [-0.2, -0.15) is 0 Å². The van der Waals surface area contributed by atoms with Crippen LogP contribution in [0.2, 0.25) is 5.02 Å². The van der Waals surface area contributed by atoms with Gasteiger partial charge in [0.25, 0.3) is 0 Å². The van der Waals surface area contributed by atoms with Crippen molar-refractivity contribution in [3.63, 3.8) is 0 Å². The third-order valence-corrected chi connectivity index (χ3v) is 4.40. The zero-order chi connectivity index (χ0) is 15.9. The Labute approximate surface area is 139 Å². The molecule has 1 aromatic carbocycles. The van der Waals surface area contributed by atoms with E-state index in [1.54, 1.807) is 0 Å². The van der Waals surface area contributed by atoms with Gasteiger partial charge in [0, 0.05) is 18.1 Å². The lowest BCUT2D eigenvalue weighted by atomic mass is 10.1. The first-order valence-electron chi connectivity index (χ1n) is 8.37. The van der Waals surface area contributed by atoms with Gasteiger partial charge in [0.15, 0.2) is 0 Å². The highest BCUT2D eigenvalue weighted by Crippen LogP contribution is 2.22. The maximum atomic E-state index is 6.12. The van der Waals surface area contributed by atoms with Crippen LogP contribution in [0.3, 0.4) is 0 Å². The predicted molar refractivity (Wildman–Crippen MR) is 92.0 cm³/mol. The number of halogens is 1. The van der Waals surface area contributed by atoms with Gasteiger partial charge < -0.3 is 9.47 Å². The summed E-state index contributed by atoms with van der Waals surface area (Å²) in [7, 11) is 0. The van der Waals surface area contributed by atoms with E-state index in [4.69, 9.17) is 21.1 Å². The number of hydrogen-bond donors (Lipinski definition) is 0. The zero-order valence-electron chi connectivity index (χ0n) is 14.0. The summed E-state index contributed by atoms with van der Waals surface area (Å²) in [5, 5.41) is 0.824. The minimum atomic E-state index is 0.349. The van der Waals surface area contributed by atoms with E-state index in [-0.39, 0.29) is 0 Å². The highest BCUT2D eigenvalue weighted by molar-refractivity contribution is 6.31. The molecule has 0 unspecified atom stereocenters. The SMILES string of the molecule is CCc1cc(OCCCCN2C[C@@H](C)O[C@H](C)C2)ccc1Cl. The van der Waals surface area contributed by atoms with Crippen LogP contribution in [0.4, 0.5) is 0 Å². The largest absolute Gasteiger partial charge is 0.494 e. The number of rotatable bonds is 7. The van der Waals surface area contributed by atoms with Crippen molar-refractivity contribution >= 4 is 11.6 Å². The van der Waals surface area contributed by atoms with Gasteiger partial charge >= 0.3 is 0 Å². The molecule has 0 saturated carbocycles. The van der Waals surface area contributed by atoms with Crippen LogP contribution in [0.1, 0.15) is 39.2 Å². The predicted octanol–water partition coefficient (Wildman–Crippen LogP) is 4.17. The average molecular weight is 326 g/mol. The molecule has 124 valence electrons. The van der Waals surface area contributed by atoms with Crippen LogP contribution in [0, 0.1) is 0 Å². The van der Waals surface area contributed by atoms with Gasteiger partial charge in [0.05, 0.1) is 18.8 Å². The van der Waals surface area contributed by atoms with Crippen molar-refractivity contribution < 1.29 is 9.47 Å². The molecule has 1 aliphatic rings. The summed E-state index contributed by atoms with van der Waals surface area (Å²) in [6.07, 6.45) is 3.87. The molecule has 2 atom stereocenters. The van der Waals surface area contributed by atoms with Crippen molar-refractivity contribution in [1.82, 2.24) is 4.90 Å². The summed E-state index contributed by atoms with van der Waals surface area (Å²) < 4.78 is 11.6. The highest BCUT2D eigenvalue weighted by atomic mass is 35.5. The molecule has 0 spiro atoms. The Bertz CT molecular complexity index is 456. The zero-order valence-corrected chi connectivity index (χ0v) is 14.7. The fourth-order valence-electron chi connectivity index (χ4n) is 3.01. The lowest BCUT2D eigenvalue weighted by Gasteiger charge is -2.35. The number of unbranched alkanes of at least 4 members (excludes halogenated alkanes) is 1. The molecule has 22 heavy (non-hydrogen) atoms. The molecule has 1 heterocycles. The summed E-state index contributed by atoms with van der Waals surface area (Å²) in [4.78, 5) is 2.50. The van der Waals surface area contributed by atoms with Crippen molar-refractivity contribution in [1.29, 1.82) is 0 Å². The van der Waals surface area contributed by atoms with Crippen molar-refractivity contribution in [2.24, 2.45) is 0 Å². The van der Waals surface area contributed by atoms with Crippen LogP contribution >= 0.6 is 11.6 Å². The second kappa shape index (κ2) is 8.76. The molecule has 1 aliphatic heterocycles. The first-order chi connectivity index (χ1) is 10.6. The Morgan fingerprint density at radius 2 is 1.95 bits per heavy atom. The Hall–Kier alpha value is -0.770. The maximum Gasteiger partial charge on any atom is 0.119 e. The fourth-order valence-corrected chi connectivity index (χ4v) is 3.26. The van der Waals surface area contributed by atoms with Crippen molar-refractivity contribution in [2.75, 3.05) is 26.2 Å². The van der Waals surface area contributed by atoms with Gasteiger partial charge in [-0.05, 0) is 63.4 Å². The fraction of sp³-hybridized carbons (Fsp3) is 0.667. The maximum absolute atomic E-state index is 6.12. The summed E-state index contributed by atoms with van der Waals surface area (Å²) in [5.41, 5.74) is 1.15. The van der Waals surface area contributed by atoms with Crippen LogP contribution in [0.15, 0.2) is 18.2 Å². The van der Waals surface area contributed by atoms with Gasteiger partial charge in [-0.25, -0.2) is 0 Å². The van der Waals surface area contributed by atoms with E-state index in [0.717, 1.165) is 61.8 Å². The Morgan fingerprint density at radius 1 is 1.23 bits per heavy atom. The Morgan fingerprint density at radius 3 is 2.64 bits per heavy atom. The minimum absolute atomic E-state index is 0.349. The van der Waals surface area contributed by atoms with E-state index in [0.29, 0.717) is 12.2 Å². The van der Waals surface area contributed by atoms with Gasteiger partial charge in [0.2, 0.25) is 0 Å². The number of hydrogen-bond acceptors (Lipinski definition) is 3. The molecule has 0 aromatic heterocycles. The topological polar surface area (TPSA) is 21.7 Å². The number of morpholine rings is 1. The minimum Gasteiger partial charge on any atom is -0.494 e.